The summed E-state index contributed by atoms with van der Waals surface area (Å²) in [5, 5.41) is 0.423. The van der Waals surface area contributed by atoms with Gasteiger partial charge in [0.15, 0.2) is 22.9 Å². The van der Waals surface area contributed by atoms with E-state index in [2.05, 4.69) is 22.6 Å². The number of carbonyl (C=O) groups excluding carboxylic acids is 2. The van der Waals surface area contributed by atoms with Crippen molar-refractivity contribution in [1.82, 2.24) is 4.57 Å². The molecule has 2 aromatic carbocycles. The van der Waals surface area contributed by atoms with E-state index in [-0.39, 0.29) is 31.0 Å². The maximum absolute atomic E-state index is 14.1. The van der Waals surface area contributed by atoms with Crippen LogP contribution in [0.4, 0.5) is 0 Å². The molecule has 0 bridgehead atoms. The van der Waals surface area contributed by atoms with Gasteiger partial charge >= 0.3 is 11.9 Å². The number of ether oxygens (including phenoxy) is 5. The van der Waals surface area contributed by atoms with E-state index >= 15 is 0 Å². The molecule has 234 valence electrons. The lowest BCUT2D eigenvalue weighted by atomic mass is 9.93. The van der Waals surface area contributed by atoms with Gasteiger partial charge < -0.3 is 23.7 Å². The second-order valence-electron chi connectivity index (χ2n) is 9.43. The molecule has 0 fully saturated rings. The Hall–Kier alpha value is -3.36. The molecule has 0 saturated carbocycles. The lowest BCUT2D eigenvalue weighted by Gasteiger charge is -2.27. The highest BCUT2D eigenvalue weighted by molar-refractivity contribution is 14.1. The molecule has 1 aliphatic heterocycles. The van der Waals surface area contributed by atoms with Crippen LogP contribution >= 0.6 is 45.5 Å². The van der Waals surface area contributed by atoms with Crippen LogP contribution in [-0.2, 0) is 19.1 Å². The molecule has 0 amide bonds. The number of benzene rings is 2. The third-order valence-electron chi connectivity index (χ3n) is 6.57. The van der Waals surface area contributed by atoms with Gasteiger partial charge in [0.25, 0.3) is 5.56 Å². The summed E-state index contributed by atoms with van der Waals surface area (Å²) in [5.74, 6) is 0.184. The first-order valence-electron chi connectivity index (χ1n) is 13.9. The van der Waals surface area contributed by atoms with Gasteiger partial charge in [0.05, 0.1) is 46.8 Å². The van der Waals surface area contributed by atoms with E-state index in [0.29, 0.717) is 58.4 Å². The summed E-state index contributed by atoms with van der Waals surface area (Å²) in [5.41, 5.74) is 1.67. The number of aromatic nitrogens is 1. The number of rotatable bonds is 12. The van der Waals surface area contributed by atoms with Crippen LogP contribution in [0.1, 0.15) is 50.8 Å². The topological polar surface area (TPSA) is 115 Å². The lowest BCUT2D eigenvalue weighted by Crippen LogP contribution is -2.40. The Kier molecular flexibility index (Phi) is 11.5. The van der Waals surface area contributed by atoms with Gasteiger partial charge in [-0.3, -0.25) is 9.36 Å². The molecule has 3 aromatic rings. The van der Waals surface area contributed by atoms with Crippen LogP contribution in [0.5, 0.6) is 17.2 Å². The van der Waals surface area contributed by atoms with E-state index in [9.17, 15) is 14.4 Å². The molecule has 1 atom stereocenters. The molecular weight excluding hydrogens is 723 g/mol. The zero-order chi connectivity index (χ0) is 32.0. The molecule has 13 heteroatoms. The fraction of sp³-hybridized carbons (Fsp3) is 0.355. The van der Waals surface area contributed by atoms with Gasteiger partial charge in [0, 0.05) is 10.6 Å². The predicted molar refractivity (Wildman–Crippen MR) is 175 cm³/mol. The van der Waals surface area contributed by atoms with Gasteiger partial charge in [-0.25, -0.2) is 14.6 Å². The maximum Gasteiger partial charge on any atom is 0.344 e. The van der Waals surface area contributed by atoms with Crippen molar-refractivity contribution >= 4 is 63.5 Å². The average Bonchev–Trinajstić information content (AvgIpc) is 3.30. The minimum atomic E-state index is -0.879. The number of hydrogen-bond donors (Lipinski definition) is 0. The van der Waals surface area contributed by atoms with Crippen molar-refractivity contribution in [2.45, 2.75) is 39.7 Å². The number of fused-ring (bicyclic) bond motifs is 1. The fourth-order valence-corrected chi connectivity index (χ4v) is 6.76. The normalized spacial score (nSPS) is 14.5. The highest BCUT2D eigenvalue weighted by Crippen LogP contribution is 2.38. The first-order chi connectivity index (χ1) is 21.2. The second-order valence-corrected chi connectivity index (χ2v) is 12.0. The molecule has 4 rings (SSSR count). The van der Waals surface area contributed by atoms with Crippen LogP contribution in [0.15, 0.2) is 51.4 Å². The molecule has 0 aliphatic carbocycles. The molecule has 10 nitrogen and oxygen atoms in total. The monoisotopic (exact) mass is 754 g/mol. The Labute approximate surface area is 277 Å². The smallest absolute Gasteiger partial charge is 0.344 e. The van der Waals surface area contributed by atoms with E-state index < -0.39 is 18.0 Å². The zero-order valence-electron chi connectivity index (χ0n) is 24.9. The van der Waals surface area contributed by atoms with Crippen LogP contribution in [0.2, 0.25) is 5.02 Å². The number of allylic oxidation sites excluding steroid dienone is 1. The van der Waals surface area contributed by atoms with Crippen molar-refractivity contribution in [1.29, 1.82) is 0 Å². The zero-order valence-corrected chi connectivity index (χ0v) is 28.6. The molecule has 1 aromatic heterocycles. The van der Waals surface area contributed by atoms with Crippen molar-refractivity contribution in [3.05, 3.63) is 81.0 Å². The van der Waals surface area contributed by atoms with Gasteiger partial charge in [0.1, 0.15) is 11.8 Å². The predicted octanol–water partition coefficient (Wildman–Crippen LogP) is 4.80. The number of hydrogen-bond acceptors (Lipinski definition) is 10. The Bertz CT molecular complexity index is 1780. The van der Waals surface area contributed by atoms with Crippen LogP contribution in [0, 0.1) is 3.57 Å². The number of nitrogens with zero attached hydrogens (tertiary/aromatic N) is 2. The fourth-order valence-electron chi connectivity index (χ4n) is 4.78. The van der Waals surface area contributed by atoms with Gasteiger partial charge in [-0.1, -0.05) is 36.3 Å². The Morgan fingerprint density at radius 2 is 1.80 bits per heavy atom. The lowest BCUT2D eigenvalue weighted by molar-refractivity contribution is -0.145. The van der Waals surface area contributed by atoms with E-state index in [1.807, 2.05) is 13.0 Å². The van der Waals surface area contributed by atoms with Crippen molar-refractivity contribution in [2.75, 3.05) is 34.0 Å². The van der Waals surface area contributed by atoms with Crippen molar-refractivity contribution < 1.29 is 33.3 Å². The highest BCUT2D eigenvalue weighted by Gasteiger charge is 2.36. The van der Waals surface area contributed by atoms with E-state index in [1.165, 1.54) is 30.1 Å². The van der Waals surface area contributed by atoms with Gasteiger partial charge in [-0.2, -0.15) is 0 Å². The number of thiazole rings is 1. The quantitative estimate of drug-likeness (QED) is 0.192. The van der Waals surface area contributed by atoms with E-state index in [0.717, 1.165) is 6.42 Å². The standard InChI is InChI=1S/C31H32ClIN2O8S/c1-6-9-21-26(30(38)42-8-3)27(19-15-18(32)10-11-22(19)39-4)35-29(37)24(44-31(35)34-21)14-17-12-20(33)28(23(13-17)40-5)43-16-25(36)41-7-2/h10-15,27H,6-9,16H2,1-5H3/b24-14+/t27-/m0/s1. The van der Waals surface area contributed by atoms with E-state index in [4.69, 9.17) is 40.3 Å². The highest BCUT2D eigenvalue weighted by atomic mass is 127. The Balaban J connectivity index is 1.92. The molecule has 0 saturated heterocycles. The van der Waals surface area contributed by atoms with Crippen LogP contribution < -0.4 is 29.1 Å². The van der Waals surface area contributed by atoms with E-state index in [1.54, 1.807) is 44.2 Å². The summed E-state index contributed by atoms with van der Waals surface area (Å²) in [7, 11) is 3.01. The van der Waals surface area contributed by atoms with Crippen LogP contribution in [0.3, 0.4) is 0 Å². The number of methoxy groups -OCH3 is 2. The van der Waals surface area contributed by atoms with Crippen LogP contribution in [0.25, 0.3) is 6.08 Å². The van der Waals surface area contributed by atoms with Gasteiger partial charge in [-0.05, 0) is 84.8 Å². The summed E-state index contributed by atoms with van der Waals surface area (Å²) in [6, 6.07) is 7.73. The maximum atomic E-state index is 14.1. The van der Waals surface area contributed by atoms with Gasteiger partial charge in [0.2, 0.25) is 0 Å². The summed E-state index contributed by atoms with van der Waals surface area (Å²) >= 11 is 9.71. The Morgan fingerprint density at radius 3 is 2.45 bits per heavy atom. The van der Waals surface area contributed by atoms with Crippen LogP contribution in [-0.4, -0.2) is 50.5 Å². The Morgan fingerprint density at radius 1 is 1.07 bits per heavy atom. The first kappa shape index (κ1) is 33.5. The number of halogens is 2. The van der Waals surface area contributed by atoms with Crippen molar-refractivity contribution in [3.63, 3.8) is 0 Å². The number of esters is 2. The van der Waals surface area contributed by atoms with Gasteiger partial charge in [-0.15, -0.1) is 0 Å². The SMILES string of the molecule is CCCC1=C(C(=O)OCC)[C@H](c2cc(Cl)ccc2OC)n2c(s/c(=C/c3cc(I)c(OCC(=O)OCC)c(OC)c3)c2=O)=N1. The molecule has 0 unspecified atom stereocenters. The summed E-state index contributed by atoms with van der Waals surface area (Å²) in [4.78, 5) is 44.7. The summed E-state index contributed by atoms with van der Waals surface area (Å²) < 4.78 is 29.8. The second kappa shape index (κ2) is 15.1. The molecule has 0 N–H and O–H groups in total. The molecule has 0 spiro atoms. The largest absolute Gasteiger partial charge is 0.496 e. The molecule has 0 radical (unpaired) electrons. The molecule has 1 aliphatic rings. The van der Waals surface area contributed by atoms with Crippen molar-refractivity contribution in [3.8, 4) is 17.2 Å². The first-order valence-corrected chi connectivity index (χ1v) is 16.2. The molecular formula is C31H32ClIN2O8S. The third kappa shape index (κ3) is 7.13. The number of carbonyl (C=O) groups is 2. The molecule has 44 heavy (non-hydrogen) atoms. The minimum Gasteiger partial charge on any atom is -0.496 e. The molecule has 2 heterocycles. The summed E-state index contributed by atoms with van der Waals surface area (Å²) in [6.07, 6.45) is 2.95. The average molecular weight is 755 g/mol. The van der Waals surface area contributed by atoms with Crippen molar-refractivity contribution in [2.24, 2.45) is 4.99 Å². The third-order valence-corrected chi connectivity index (χ3v) is 8.59. The minimum absolute atomic E-state index is 0.158. The summed E-state index contributed by atoms with van der Waals surface area (Å²) in [6.45, 7) is 5.57.